The van der Waals surface area contributed by atoms with Crippen molar-refractivity contribution >= 4 is 23.6 Å². The topological polar surface area (TPSA) is 28.7 Å². The van der Waals surface area contributed by atoms with Crippen LogP contribution >= 0.6 is 23.6 Å². The highest BCUT2D eigenvalue weighted by atomic mass is 32.1. The lowest BCUT2D eigenvalue weighted by Crippen LogP contribution is -1.83. The molecule has 1 N–H and O–H groups in total. The Kier molecular flexibility index (Phi) is 2.24. The number of H-pyrrole nitrogens is 1. The highest BCUT2D eigenvalue weighted by molar-refractivity contribution is 7.71. The van der Waals surface area contributed by atoms with Gasteiger partial charge in [-0.1, -0.05) is 12.2 Å². The summed E-state index contributed by atoms with van der Waals surface area (Å²) in [6, 6.07) is 3.98. The molecule has 0 atom stereocenters. The molecule has 0 bridgehead atoms. The van der Waals surface area contributed by atoms with Crippen LogP contribution < -0.4 is 0 Å². The van der Waals surface area contributed by atoms with E-state index in [1.807, 2.05) is 6.07 Å². The molecule has 0 unspecified atom stereocenters. The summed E-state index contributed by atoms with van der Waals surface area (Å²) in [6.07, 6.45) is 1.64. The second-order valence-corrected chi connectivity index (χ2v) is 4.07. The maximum Gasteiger partial charge on any atom is 0.130 e. The van der Waals surface area contributed by atoms with E-state index in [1.165, 1.54) is 10.4 Å². The largest absolute Gasteiger partial charge is 0.345 e. The molecule has 2 nitrogen and oxygen atoms in total. The highest BCUT2D eigenvalue weighted by Crippen LogP contribution is 2.26. The van der Waals surface area contributed by atoms with Gasteiger partial charge in [0.2, 0.25) is 0 Å². The third-order valence-electron chi connectivity index (χ3n) is 1.79. The summed E-state index contributed by atoms with van der Waals surface area (Å²) in [5.74, 6) is 0. The molecular formula is C9H8N2S2. The second kappa shape index (κ2) is 3.40. The van der Waals surface area contributed by atoms with Gasteiger partial charge in [0.25, 0.3) is 0 Å². The molecule has 0 saturated carbocycles. The zero-order valence-electron chi connectivity index (χ0n) is 7.07. The predicted molar refractivity (Wildman–Crippen MR) is 57.5 cm³/mol. The zero-order valence-corrected chi connectivity index (χ0v) is 8.71. The molecule has 66 valence electrons. The average molecular weight is 208 g/mol. The number of nitrogens with one attached hydrogen (secondary N) is 1. The van der Waals surface area contributed by atoms with E-state index in [0.29, 0.717) is 4.64 Å². The molecule has 0 aliphatic carbocycles. The molecular weight excluding hydrogens is 200 g/mol. The molecule has 0 aliphatic heterocycles. The van der Waals surface area contributed by atoms with E-state index < -0.39 is 0 Å². The van der Waals surface area contributed by atoms with Gasteiger partial charge in [-0.2, -0.15) is 0 Å². The highest BCUT2D eigenvalue weighted by Gasteiger charge is 2.02. The molecule has 2 aromatic heterocycles. The van der Waals surface area contributed by atoms with Crippen LogP contribution in [0.5, 0.6) is 0 Å². The Morgan fingerprint density at radius 1 is 1.54 bits per heavy atom. The minimum atomic E-state index is 0.626. The van der Waals surface area contributed by atoms with Crippen LogP contribution in [0.4, 0.5) is 0 Å². The van der Waals surface area contributed by atoms with Gasteiger partial charge in [-0.25, -0.2) is 4.98 Å². The standard InChI is InChI=1S/C9H8N2S2/c1-6-2-3-13-9(6)7-4-8(12)11-5-10-7/h2-5H,1H3,(H,10,11,12). The third kappa shape index (κ3) is 1.68. The molecule has 4 heteroatoms. The van der Waals surface area contributed by atoms with Gasteiger partial charge >= 0.3 is 0 Å². The van der Waals surface area contributed by atoms with E-state index in [1.54, 1.807) is 17.7 Å². The lowest BCUT2D eigenvalue weighted by Gasteiger charge is -1.98. The number of aromatic nitrogens is 2. The minimum absolute atomic E-state index is 0.626. The van der Waals surface area contributed by atoms with Crippen molar-refractivity contribution in [2.45, 2.75) is 6.92 Å². The smallest absolute Gasteiger partial charge is 0.130 e. The van der Waals surface area contributed by atoms with Crippen molar-refractivity contribution in [1.82, 2.24) is 9.97 Å². The predicted octanol–water partition coefficient (Wildman–Crippen LogP) is 3.18. The first-order chi connectivity index (χ1) is 6.27. The number of nitrogens with zero attached hydrogens (tertiary/aromatic N) is 1. The Bertz CT molecular complexity index is 470. The van der Waals surface area contributed by atoms with Gasteiger partial charge in [0.15, 0.2) is 0 Å². The van der Waals surface area contributed by atoms with Gasteiger partial charge in [0.05, 0.1) is 16.9 Å². The molecule has 0 aromatic carbocycles. The minimum Gasteiger partial charge on any atom is -0.345 e. The third-order valence-corrected chi connectivity index (χ3v) is 3.06. The first-order valence-electron chi connectivity index (χ1n) is 3.86. The van der Waals surface area contributed by atoms with E-state index >= 15 is 0 Å². The van der Waals surface area contributed by atoms with Crippen molar-refractivity contribution < 1.29 is 0 Å². The SMILES string of the molecule is Cc1ccsc1-c1cc(=S)nc[nH]1. The van der Waals surface area contributed by atoms with Crippen molar-refractivity contribution in [2.75, 3.05) is 0 Å². The average Bonchev–Trinajstić information content (AvgIpc) is 2.51. The van der Waals surface area contributed by atoms with Crippen LogP contribution in [-0.2, 0) is 0 Å². The summed E-state index contributed by atoms with van der Waals surface area (Å²) in [5.41, 5.74) is 2.31. The van der Waals surface area contributed by atoms with Crippen LogP contribution in [0.2, 0.25) is 0 Å². The lowest BCUT2D eigenvalue weighted by atomic mass is 10.2. The molecule has 2 rings (SSSR count). The van der Waals surface area contributed by atoms with Gasteiger partial charge < -0.3 is 4.98 Å². The summed E-state index contributed by atoms with van der Waals surface area (Å²) >= 11 is 6.70. The first kappa shape index (κ1) is 8.59. The summed E-state index contributed by atoms with van der Waals surface area (Å²) in [6.45, 7) is 2.09. The molecule has 0 spiro atoms. The number of hydrogen-bond donors (Lipinski definition) is 1. The van der Waals surface area contributed by atoms with Crippen LogP contribution in [-0.4, -0.2) is 9.97 Å². The first-order valence-corrected chi connectivity index (χ1v) is 5.15. The van der Waals surface area contributed by atoms with Crippen LogP contribution in [0, 0.1) is 11.6 Å². The van der Waals surface area contributed by atoms with Gasteiger partial charge in [-0.15, -0.1) is 11.3 Å². The van der Waals surface area contributed by atoms with Crippen LogP contribution in [0.15, 0.2) is 23.8 Å². The molecule has 2 heterocycles. The Labute approximate surface area is 85.3 Å². The fraction of sp³-hybridized carbons (Fsp3) is 0.111. The second-order valence-electron chi connectivity index (χ2n) is 2.73. The number of hydrogen-bond acceptors (Lipinski definition) is 3. The molecule has 0 aliphatic rings. The Morgan fingerprint density at radius 3 is 3.00 bits per heavy atom. The van der Waals surface area contributed by atoms with Crippen molar-refractivity contribution in [2.24, 2.45) is 0 Å². The maximum atomic E-state index is 4.99. The molecule has 0 fully saturated rings. The van der Waals surface area contributed by atoms with E-state index in [2.05, 4.69) is 28.3 Å². The molecule has 0 amide bonds. The fourth-order valence-corrected chi connectivity index (χ4v) is 2.23. The van der Waals surface area contributed by atoms with E-state index in [9.17, 15) is 0 Å². The summed E-state index contributed by atoms with van der Waals surface area (Å²) < 4.78 is 0.626. The van der Waals surface area contributed by atoms with E-state index in [4.69, 9.17) is 12.2 Å². The van der Waals surface area contributed by atoms with Crippen LogP contribution in [0.25, 0.3) is 10.6 Å². The number of aromatic amines is 1. The maximum absolute atomic E-state index is 4.99. The molecule has 2 aromatic rings. The van der Waals surface area contributed by atoms with Gasteiger partial charge in [0, 0.05) is 0 Å². The number of rotatable bonds is 1. The summed E-state index contributed by atoms with van der Waals surface area (Å²) in [7, 11) is 0. The molecule has 0 radical (unpaired) electrons. The van der Waals surface area contributed by atoms with Crippen molar-refractivity contribution in [1.29, 1.82) is 0 Å². The summed E-state index contributed by atoms with van der Waals surface area (Å²) in [5, 5.41) is 2.07. The van der Waals surface area contributed by atoms with E-state index in [0.717, 1.165) is 5.69 Å². The van der Waals surface area contributed by atoms with Crippen LogP contribution in [0.3, 0.4) is 0 Å². The Balaban J connectivity index is 2.59. The summed E-state index contributed by atoms with van der Waals surface area (Å²) in [4.78, 5) is 8.26. The van der Waals surface area contributed by atoms with Crippen LogP contribution in [0.1, 0.15) is 5.56 Å². The van der Waals surface area contributed by atoms with Gasteiger partial charge in [-0.3, -0.25) is 0 Å². The zero-order chi connectivity index (χ0) is 9.26. The van der Waals surface area contributed by atoms with Crippen molar-refractivity contribution in [3.8, 4) is 10.6 Å². The fourth-order valence-electron chi connectivity index (χ4n) is 1.15. The number of thiophene rings is 1. The molecule has 0 saturated heterocycles. The normalized spacial score (nSPS) is 10.2. The number of aryl methyl sites for hydroxylation is 1. The Hall–Kier alpha value is -1.00. The van der Waals surface area contributed by atoms with Crippen molar-refractivity contribution in [3.05, 3.63) is 34.0 Å². The lowest BCUT2D eigenvalue weighted by molar-refractivity contribution is 1.16. The monoisotopic (exact) mass is 208 g/mol. The van der Waals surface area contributed by atoms with E-state index in [-0.39, 0.29) is 0 Å². The van der Waals surface area contributed by atoms with Gasteiger partial charge in [0.1, 0.15) is 4.64 Å². The molecule has 13 heavy (non-hydrogen) atoms. The quantitative estimate of drug-likeness (QED) is 0.729. The van der Waals surface area contributed by atoms with Gasteiger partial charge in [-0.05, 0) is 30.0 Å². The Morgan fingerprint density at radius 2 is 2.38 bits per heavy atom. The van der Waals surface area contributed by atoms with Crippen molar-refractivity contribution in [3.63, 3.8) is 0 Å².